The molecule has 0 amide bonds. The van der Waals surface area contributed by atoms with Gasteiger partial charge in [-0.25, -0.2) is 0 Å². The van der Waals surface area contributed by atoms with Crippen LogP contribution in [-0.4, -0.2) is 11.7 Å². The van der Waals surface area contributed by atoms with Gasteiger partial charge < -0.3 is 10.4 Å². The van der Waals surface area contributed by atoms with E-state index in [1.165, 1.54) is 5.56 Å². The van der Waals surface area contributed by atoms with Gasteiger partial charge in [-0.2, -0.15) is 0 Å². The molecule has 0 saturated heterocycles. The molecule has 2 aromatic carbocycles. The zero-order chi connectivity index (χ0) is 12.8. The lowest BCUT2D eigenvalue weighted by molar-refractivity contribution is 0.464. The smallest absolute Gasteiger partial charge is 0.120 e. The largest absolute Gasteiger partial charge is 0.508 e. The molecule has 0 bridgehead atoms. The number of phenolic OH excluding ortho intramolecular Hbond substituents is 1. The molecule has 0 unspecified atom stereocenters. The van der Waals surface area contributed by atoms with E-state index in [-0.39, 0.29) is 0 Å². The van der Waals surface area contributed by atoms with E-state index in [0.717, 1.165) is 23.0 Å². The van der Waals surface area contributed by atoms with Gasteiger partial charge in [0.15, 0.2) is 0 Å². The highest BCUT2D eigenvalue weighted by Gasteiger charge is 2.01. The lowest BCUT2D eigenvalue weighted by atomic mass is 10.1. The van der Waals surface area contributed by atoms with E-state index in [9.17, 15) is 5.11 Å². The lowest BCUT2D eigenvalue weighted by Crippen LogP contribution is -2.16. The Labute approximate surface area is 116 Å². The second-order valence-electron chi connectivity index (χ2n) is 4.19. The summed E-state index contributed by atoms with van der Waals surface area (Å²) in [6, 6.07) is 15.9. The van der Waals surface area contributed by atoms with Crippen molar-refractivity contribution >= 4 is 15.9 Å². The van der Waals surface area contributed by atoms with Crippen LogP contribution in [0.2, 0.25) is 0 Å². The van der Waals surface area contributed by atoms with Crippen LogP contribution in [0.4, 0.5) is 0 Å². The average Bonchev–Trinajstić information content (AvgIpc) is 2.40. The Morgan fingerprint density at radius 3 is 2.61 bits per heavy atom. The Bertz CT molecular complexity index is 499. The summed E-state index contributed by atoms with van der Waals surface area (Å²) in [4.78, 5) is 0. The lowest BCUT2D eigenvalue weighted by Gasteiger charge is -2.07. The summed E-state index contributed by atoms with van der Waals surface area (Å²) >= 11 is 3.40. The Kier molecular flexibility index (Phi) is 4.79. The van der Waals surface area contributed by atoms with E-state index in [1.54, 1.807) is 6.07 Å². The Hall–Kier alpha value is -1.32. The second kappa shape index (κ2) is 6.57. The van der Waals surface area contributed by atoms with Gasteiger partial charge in [-0.15, -0.1) is 0 Å². The molecule has 2 aromatic rings. The SMILES string of the molecule is Oc1ccc(Br)cc1CNCCc1ccccc1. The molecule has 0 fully saturated rings. The molecule has 2 nitrogen and oxygen atoms in total. The van der Waals surface area contributed by atoms with Gasteiger partial charge in [-0.1, -0.05) is 46.3 Å². The summed E-state index contributed by atoms with van der Waals surface area (Å²) in [5.41, 5.74) is 2.24. The van der Waals surface area contributed by atoms with Crippen molar-refractivity contribution in [3.8, 4) is 5.75 Å². The van der Waals surface area contributed by atoms with Gasteiger partial charge in [0.2, 0.25) is 0 Å². The molecular weight excluding hydrogens is 290 g/mol. The summed E-state index contributed by atoms with van der Waals surface area (Å²) in [5, 5.41) is 13.0. The summed E-state index contributed by atoms with van der Waals surface area (Å²) in [6.45, 7) is 1.58. The topological polar surface area (TPSA) is 32.3 Å². The van der Waals surface area contributed by atoms with Gasteiger partial charge >= 0.3 is 0 Å². The molecule has 2 rings (SSSR count). The zero-order valence-electron chi connectivity index (χ0n) is 10.1. The van der Waals surface area contributed by atoms with Gasteiger partial charge in [0.25, 0.3) is 0 Å². The van der Waals surface area contributed by atoms with Crippen LogP contribution in [0.25, 0.3) is 0 Å². The van der Waals surface area contributed by atoms with Crippen LogP contribution in [0, 0.1) is 0 Å². The number of hydrogen-bond acceptors (Lipinski definition) is 2. The quantitative estimate of drug-likeness (QED) is 0.829. The molecule has 0 atom stereocenters. The summed E-state index contributed by atoms with van der Waals surface area (Å²) in [6.07, 6.45) is 0.996. The van der Waals surface area contributed by atoms with Crippen LogP contribution in [0.1, 0.15) is 11.1 Å². The molecule has 0 radical (unpaired) electrons. The molecule has 2 N–H and O–H groups in total. The number of rotatable bonds is 5. The van der Waals surface area contributed by atoms with E-state index in [0.29, 0.717) is 12.3 Å². The maximum atomic E-state index is 9.69. The first-order chi connectivity index (χ1) is 8.75. The van der Waals surface area contributed by atoms with Gasteiger partial charge in [-0.05, 0) is 36.7 Å². The minimum absolute atomic E-state index is 0.338. The molecule has 0 aliphatic carbocycles. The first-order valence-electron chi connectivity index (χ1n) is 5.98. The maximum absolute atomic E-state index is 9.69. The number of hydrogen-bond donors (Lipinski definition) is 2. The van der Waals surface area contributed by atoms with Crippen LogP contribution < -0.4 is 5.32 Å². The van der Waals surface area contributed by atoms with Crippen molar-refractivity contribution in [2.75, 3.05) is 6.54 Å². The second-order valence-corrected chi connectivity index (χ2v) is 5.10. The van der Waals surface area contributed by atoms with Crippen molar-refractivity contribution in [3.05, 3.63) is 64.1 Å². The Morgan fingerprint density at radius 2 is 1.83 bits per heavy atom. The Morgan fingerprint density at radius 1 is 1.06 bits per heavy atom. The van der Waals surface area contributed by atoms with Crippen LogP contribution in [0.15, 0.2) is 53.0 Å². The predicted molar refractivity (Wildman–Crippen MR) is 77.7 cm³/mol. The van der Waals surface area contributed by atoms with Crippen molar-refractivity contribution in [1.82, 2.24) is 5.32 Å². The standard InChI is InChI=1S/C15H16BrNO/c16-14-6-7-15(18)13(10-14)11-17-9-8-12-4-2-1-3-5-12/h1-7,10,17-18H,8-9,11H2. The number of benzene rings is 2. The number of phenols is 1. The number of nitrogens with one attached hydrogen (secondary N) is 1. The molecule has 18 heavy (non-hydrogen) atoms. The van der Waals surface area contributed by atoms with E-state index in [2.05, 4.69) is 45.5 Å². The minimum Gasteiger partial charge on any atom is -0.508 e. The van der Waals surface area contributed by atoms with Crippen molar-refractivity contribution in [2.24, 2.45) is 0 Å². The van der Waals surface area contributed by atoms with E-state index >= 15 is 0 Å². The molecule has 94 valence electrons. The van der Waals surface area contributed by atoms with E-state index < -0.39 is 0 Å². The molecule has 0 spiro atoms. The average molecular weight is 306 g/mol. The first kappa shape index (κ1) is 13.1. The van der Waals surface area contributed by atoms with Crippen LogP contribution in [0.3, 0.4) is 0 Å². The van der Waals surface area contributed by atoms with Gasteiger partial charge in [0, 0.05) is 16.6 Å². The third-order valence-electron chi connectivity index (χ3n) is 2.79. The molecular formula is C15H16BrNO. The molecule has 0 aromatic heterocycles. The summed E-state index contributed by atoms with van der Waals surface area (Å²) in [7, 11) is 0. The fourth-order valence-corrected chi connectivity index (χ4v) is 2.20. The van der Waals surface area contributed by atoms with E-state index in [4.69, 9.17) is 0 Å². The molecule has 0 aliphatic heterocycles. The van der Waals surface area contributed by atoms with E-state index in [1.807, 2.05) is 18.2 Å². The van der Waals surface area contributed by atoms with Crippen molar-refractivity contribution in [1.29, 1.82) is 0 Å². The maximum Gasteiger partial charge on any atom is 0.120 e. The third-order valence-corrected chi connectivity index (χ3v) is 3.28. The van der Waals surface area contributed by atoms with Crippen LogP contribution in [0.5, 0.6) is 5.75 Å². The molecule has 0 aliphatic rings. The zero-order valence-corrected chi connectivity index (χ0v) is 11.7. The van der Waals surface area contributed by atoms with Crippen molar-refractivity contribution in [2.45, 2.75) is 13.0 Å². The number of aromatic hydroxyl groups is 1. The van der Waals surface area contributed by atoms with Crippen LogP contribution >= 0.6 is 15.9 Å². The summed E-state index contributed by atoms with van der Waals surface area (Å²) in [5.74, 6) is 0.338. The third kappa shape index (κ3) is 3.86. The van der Waals surface area contributed by atoms with Gasteiger partial charge in [0.05, 0.1) is 0 Å². The molecule has 3 heteroatoms. The fraction of sp³-hybridized carbons (Fsp3) is 0.200. The van der Waals surface area contributed by atoms with Crippen molar-refractivity contribution in [3.63, 3.8) is 0 Å². The number of halogens is 1. The highest BCUT2D eigenvalue weighted by atomic mass is 79.9. The first-order valence-corrected chi connectivity index (χ1v) is 6.77. The van der Waals surface area contributed by atoms with Crippen molar-refractivity contribution < 1.29 is 5.11 Å². The van der Waals surface area contributed by atoms with Gasteiger partial charge in [-0.3, -0.25) is 0 Å². The molecule has 0 saturated carbocycles. The minimum atomic E-state index is 0.338. The summed E-state index contributed by atoms with van der Waals surface area (Å²) < 4.78 is 0.986. The normalized spacial score (nSPS) is 10.5. The fourth-order valence-electron chi connectivity index (χ4n) is 1.80. The monoisotopic (exact) mass is 305 g/mol. The Balaban J connectivity index is 1.80. The molecule has 0 heterocycles. The predicted octanol–water partition coefficient (Wildman–Crippen LogP) is 3.49. The van der Waals surface area contributed by atoms with Crippen LogP contribution in [-0.2, 0) is 13.0 Å². The highest BCUT2D eigenvalue weighted by Crippen LogP contribution is 2.21. The van der Waals surface area contributed by atoms with Gasteiger partial charge in [0.1, 0.15) is 5.75 Å². The highest BCUT2D eigenvalue weighted by molar-refractivity contribution is 9.10.